The number of Topliss-reactive ketones (excluding diaryl/α,β-unsaturated/α-hetero) is 1. The summed E-state index contributed by atoms with van der Waals surface area (Å²) in [5.74, 6) is -2.53. The van der Waals surface area contributed by atoms with Gasteiger partial charge in [0.1, 0.15) is 17.6 Å². The lowest BCUT2D eigenvalue weighted by atomic mass is 9.87. The van der Waals surface area contributed by atoms with Crippen molar-refractivity contribution in [3.05, 3.63) is 95.1 Å². The predicted molar refractivity (Wildman–Crippen MR) is 200 cm³/mol. The topological polar surface area (TPSA) is 195 Å². The number of rotatable bonds is 6. The van der Waals surface area contributed by atoms with Gasteiger partial charge >= 0.3 is 6.09 Å². The molecule has 2 amide bonds. The van der Waals surface area contributed by atoms with Crippen LogP contribution < -0.4 is 16.4 Å². The Morgan fingerprint density at radius 1 is 1.02 bits per heavy atom. The van der Waals surface area contributed by atoms with Crippen molar-refractivity contribution in [2.45, 2.75) is 65.0 Å². The number of aromatic hydroxyl groups is 2. The lowest BCUT2D eigenvalue weighted by Crippen LogP contribution is -2.37. The van der Waals surface area contributed by atoms with Crippen LogP contribution in [0.25, 0.3) is 10.8 Å². The molecule has 1 heterocycles. The van der Waals surface area contributed by atoms with E-state index in [1.807, 2.05) is 37.3 Å². The summed E-state index contributed by atoms with van der Waals surface area (Å²) in [7, 11) is 2.90. The molecule has 278 valence electrons. The minimum Gasteiger partial charge on any atom is -0.506 e. The number of primary amides is 1. The van der Waals surface area contributed by atoms with Crippen LogP contribution in [-0.4, -0.2) is 78.3 Å². The third-order valence-corrected chi connectivity index (χ3v) is 9.51. The zero-order valence-corrected chi connectivity index (χ0v) is 30.4. The first kappa shape index (κ1) is 39.6. The molecule has 3 aromatic carbocycles. The number of allylic oxidation sites excluding steroid dienone is 2. The zero-order chi connectivity index (χ0) is 38.3. The maximum Gasteiger partial charge on any atom is 0.405 e. The van der Waals surface area contributed by atoms with Crippen molar-refractivity contribution < 1.29 is 43.9 Å². The van der Waals surface area contributed by atoms with E-state index < -0.39 is 54.7 Å². The number of carbonyl (C=O) groups is 3. The van der Waals surface area contributed by atoms with Crippen LogP contribution in [-0.2, 0) is 25.4 Å². The van der Waals surface area contributed by atoms with Crippen LogP contribution in [0.4, 0.5) is 16.2 Å². The van der Waals surface area contributed by atoms with E-state index in [4.69, 9.17) is 25.7 Å². The molecule has 52 heavy (non-hydrogen) atoms. The molecule has 0 unspecified atom stereocenters. The normalized spacial score (nSPS) is 23.6. The highest BCUT2D eigenvalue weighted by atomic mass is 16.6. The van der Waals surface area contributed by atoms with Gasteiger partial charge in [0.25, 0.3) is 5.91 Å². The number of fused-ring (bicyclic) bond motifs is 3. The largest absolute Gasteiger partial charge is 0.506 e. The van der Waals surface area contributed by atoms with Crippen LogP contribution in [0.5, 0.6) is 11.5 Å². The molecule has 0 saturated carbocycles. The number of nitrogens with zero attached hydrogens (tertiary/aromatic N) is 1. The molecule has 1 aliphatic heterocycles. The van der Waals surface area contributed by atoms with Gasteiger partial charge in [-0.2, -0.15) is 0 Å². The summed E-state index contributed by atoms with van der Waals surface area (Å²) in [4.78, 5) is 41.3. The van der Waals surface area contributed by atoms with Gasteiger partial charge in [0.15, 0.2) is 11.9 Å². The number of nitrogen functional groups attached to an aromatic ring is 1. The number of hydrogen-bond donors (Lipinski definition) is 5. The van der Waals surface area contributed by atoms with Crippen molar-refractivity contribution >= 4 is 39.9 Å². The number of phenolic OH excluding ortho intramolecular Hbond substituents is 2. The Morgan fingerprint density at radius 3 is 2.38 bits per heavy atom. The molecule has 0 saturated heterocycles. The third-order valence-electron chi connectivity index (χ3n) is 9.51. The molecule has 1 aliphatic rings. The molecule has 0 aromatic heterocycles. The van der Waals surface area contributed by atoms with E-state index in [-0.39, 0.29) is 46.3 Å². The number of ether oxygens (including phenoxy) is 3. The summed E-state index contributed by atoms with van der Waals surface area (Å²) in [5, 5.41) is 35.7. The second-order valence-corrected chi connectivity index (χ2v) is 13.4. The van der Waals surface area contributed by atoms with Gasteiger partial charge in [-0.1, -0.05) is 80.6 Å². The monoisotopic (exact) mass is 715 g/mol. The molecule has 0 aliphatic carbocycles. The second-order valence-electron chi connectivity index (χ2n) is 13.4. The molecule has 0 fully saturated rings. The highest BCUT2D eigenvalue weighted by molar-refractivity contribution is 6.15. The number of aliphatic hydroxyl groups excluding tert-OH is 1. The van der Waals surface area contributed by atoms with E-state index >= 15 is 0 Å². The standard InChI is InChI=1S/C40H49N3O9/c1-22-17-29-35(41)31(44)20-30(37(29)47)43(21-32(45)28-15-10-13-26-12-7-8-14-27(26)28)39(48)23(2)11-9-16-33(50-5)38(52-40(42)49)25(4)19-24(3)36(46)34(18-22)51-6/h7-16,19-20,22,24,33-34,36,38,44,46-47H,17-18,21,41H2,1-6H3,(H2,42,49)/t22-,24+,33+,34+,36-,38+/m1/s1. The summed E-state index contributed by atoms with van der Waals surface area (Å²) < 4.78 is 16.8. The van der Waals surface area contributed by atoms with Gasteiger partial charge in [0.2, 0.25) is 0 Å². The number of benzene rings is 3. The van der Waals surface area contributed by atoms with Crippen molar-refractivity contribution in [1.29, 1.82) is 0 Å². The number of nitrogens with two attached hydrogens (primary N) is 2. The summed E-state index contributed by atoms with van der Waals surface area (Å²) >= 11 is 0. The lowest BCUT2D eigenvalue weighted by molar-refractivity contribution is -0.115. The fraction of sp³-hybridized carbons (Fsp3) is 0.375. The average Bonchev–Trinajstić information content (AvgIpc) is 3.12. The SMILES string of the molecule is CO[C@H]1C=CC=C(C)C(=O)N(CC(=O)c2cccc3ccccc23)c2cc(O)c(N)c(c2O)C[C@@H](C)C[C@H](OC)[C@H](O)[C@@H](C)C=C(C)[C@@H]1OC(N)=O. The Hall–Kier alpha value is -5.17. The first-order valence-electron chi connectivity index (χ1n) is 17.1. The lowest BCUT2D eigenvalue weighted by Gasteiger charge is -2.30. The summed E-state index contributed by atoms with van der Waals surface area (Å²) in [6.45, 7) is 6.46. The van der Waals surface area contributed by atoms with Crippen LogP contribution in [0.15, 0.2) is 84.0 Å². The minimum atomic E-state index is -1.03. The highest BCUT2D eigenvalue weighted by Gasteiger charge is 2.32. The first-order valence-corrected chi connectivity index (χ1v) is 17.1. The number of phenols is 2. The number of anilines is 2. The smallest absolute Gasteiger partial charge is 0.405 e. The van der Waals surface area contributed by atoms with Crippen LogP contribution in [0.2, 0.25) is 0 Å². The molecule has 2 bridgehead atoms. The fourth-order valence-corrected chi connectivity index (χ4v) is 6.68. The van der Waals surface area contributed by atoms with E-state index in [9.17, 15) is 29.7 Å². The quantitative estimate of drug-likeness (QED) is 0.0708. The van der Waals surface area contributed by atoms with Crippen LogP contribution in [0.1, 0.15) is 50.0 Å². The Morgan fingerprint density at radius 2 is 1.71 bits per heavy atom. The van der Waals surface area contributed by atoms with E-state index in [1.165, 1.54) is 32.4 Å². The minimum absolute atomic E-state index is 0.0745. The molecule has 6 atom stereocenters. The Kier molecular flexibility index (Phi) is 13.2. The molecule has 7 N–H and O–H groups in total. The maximum absolute atomic E-state index is 14.3. The summed E-state index contributed by atoms with van der Waals surface area (Å²) in [6, 6.07) is 13.8. The van der Waals surface area contributed by atoms with E-state index in [1.54, 1.807) is 45.1 Å². The molecule has 4 rings (SSSR count). The van der Waals surface area contributed by atoms with Gasteiger partial charge in [0, 0.05) is 42.9 Å². The summed E-state index contributed by atoms with van der Waals surface area (Å²) in [5.41, 5.74) is 12.8. The molecular weight excluding hydrogens is 666 g/mol. The van der Waals surface area contributed by atoms with Gasteiger partial charge < -0.3 is 41.0 Å². The van der Waals surface area contributed by atoms with Crippen LogP contribution in [0, 0.1) is 11.8 Å². The number of methoxy groups -OCH3 is 2. The van der Waals surface area contributed by atoms with Crippen molar-refractivity contribution in [3.8, 4) is 11.5 Å². The van der Waals surface area contributed by atoms with E-state index in [0.29, 0.717) is 22.9 Å². The molecular formula is C40H49N3O9. The van der Waals surface area contributed by atoms with Gasteiger partial charge in [-0.05, 0) is 49.0 Å². The average molecular weight is 716 g/mol. The zero-order valence-electron chi connectivity index (χ0n) is 30.4. The van der Waals surface area contributed by atoms with E-state index in [2.05, 4.69) is 0 Å². The molecule has 12 heteroatoms. The maximum atomic E-state index is 14.3. The van der Waals surface area contributed by atoms with Gasteiger partial charge in [-0.25, -0.2) is 4.79 Å². The number of hydrogen-bond acceptors (Lipinski definition) is 10. The Labute approximate surface area is 304 Å². The van der Waals surface area contributed by atoms with Crippen molar-refractivity contribution in [2.75, 3.05) is 31.4 Å². The second kappa shape index (κ2) is 17.4. The van der Waals surface area contributed by atoms with Crippen LogP contribution >= 0.6 is 0 Å². The van der Waals surface area contributed by atoms with Crippen molar-refractivity contribution in [3.63, 3.8) is 0 Å². The Bertz CT molecular complexity index is 1880. The number of aliphatic hydroxyl groups is 1. The fourth-order valence-electron chi connectivity index (χ4n) is 6.68. The predicted octanol–water partition coefficient (Wildman–Crippen LogP) is 5.57. The van der Waals surface area contributed by atoms with Crippen molar-refractivity contribution in [2.24, 2.45) is 17.6 Å². The van der Waals surface area contributed by atoms with Gasteiger partial charge in [-0.3, -0.25) is 14.5 Å². The first-order chi connectivity index (χ1) is 24.7. The number of amides is 2. The van der Waals surface area contributed by atoms with Crippen molar-refractivity contribution in [1.82, 2.24) is 0 Å². The van der Waals surface area contributed by atoms with Gasteiger partial charge in [0.05, 0.1) is 30.1 Å². The molecule has 12 nitrogen and oxygen atoms in total. The summed E-state index contributed by atoms with van der Waals surface area (Å²) in [6.07, 6.45) is 2.28. The molecule has 0 radical (unpaired) electrons. The number of ketones is 1. The van der Waals surface area contributed by atoms with Gasteiger partial charge in [-0.15, -0.1) is 0 Å². The molecule has 3 aromatic rings. The van der Waals surface area contributed by atoms with E-state index in [0.717, 1.165) is 10.3 Å². The molecule has 0 spiro atoms. The third kappa shape index (κ3) is 9.00. The highest BCUT2D eigenvalue weighted by Crippen LogP contribution is 2.43. The number of carbonyl (C=O) groups excluding carboxylic acids is 3. The van der Waals surface area contributed by atoms with Crippen LogP contribution in [0.3, 0.4) is 0 Å². The Balaban J connectivity index is 1.89.